The minimum Gasteiger partial charge on any atom is -0.341 e. The van der Waals surface area contributed by atoms with E-state index in [4.69, 9.17) is 11.6 Å². The molecule has 2 aromatic rings. The van der Waals surface area contributed by atoms with E-state index in [0.29, 0.717) is 18.0 Å². The number of hydrogen-bond donors (Lipinski definition) is 0. The van der Waals surface area contributed by atoms with Crippen LogP contribution in [0.25, 0.3) is 0 Å². The topological polar surface area (TPSA) is 57.7 Å². The van der Waals surface area contributed by atoms with Gasteiger partial charge in [-0.1, -0.05) is 17.7 Å². The van der Waals surface area contributed by atoms with Gasteiger partial charge in [-0.05, 0) is 37.1 Å². The summed E-state index contributed by atoms with van der Waals surface area (Å²) in [5.41, 5.74) is 0.262. The molecule has 1 aliphatic rings. The lowest BCUT2D eigenvalue weighted by molar-refractivity contribution is -0.129. The molecule has 5 nitrogen and oxygen atoms in total. The summed E-state index contributed by atoms with van der Waals surface area (Å²) in [5, 5.41) is 0.268. The highest BCUT2D eigenvalue weighted by Crippen LogP contribution is 2.28. The average molecular weight is 431 g/mol. The fourth-order valence-corrected chi connectivity index (χ4v) is 6.18. The predicted octanol–water partition coefficient (Wildman–Crippen LogP) is 3.53. The van der Waals surface area contributed by atoms with Crippen molar-refractivity contribution in [2.45, 2.75) is 30.0 Å². The monoisotopic (exact) mass is 430 g/mol. The molecule has 146 valence electrons. The molecule has 0 bridgehead atoms. The fourth-order valence-electron chi connectivity index (χ4n) is 2.94. The molecule has 0 unspecified atom stereocenters. The molecule has 1 amide bonds. The Bertz CT molecular complexity index is 920. The number of carbonyl (C=O) groups is 1. The molecule has 1 aromatic heterocycles. The van der Waals surface area contributed by atoms with Gasteiger partial charge in [0.05, 0.1) is 6.42 Å². The van der Waals surface area contributed by atoms with Gasteiger partial charge in [0.2, 0.25) is 5.91 Å². The third-order valence-electron chi connectivity index (χ3n) is 4.50. The van der Waals surface area contributed by atoms with E-state index in [2.05, 4.69) is 0 Å². The molecule has 0 saturated carbocycles. The van der Waals surface area contributed by atoms with Crippen LogP contribution in [0.4, 0.5) is 4.39 Å². The maximum Gasteiger partial charge on any atom is 0.252 e. The second-order valence-corrected chi connectivity index (χ2v) is 10.2. The van der Waals surface area contributed by atoms with Crippen molar-refractivity contribution in [1.29, 1.82) is 0 Å². The molecule has 0 spiro atoms. The molecule has 0 radical (unpaired) electrons. The van der Waals surface area contributed by atoms with E-state index in [1.165, 1.54) is 21.3 Å². The zero-order chi connectivity index (χ0) is 19.6. The summed E-state index contributed by atoms with van der Waals surface area (Å²) in [6, 6.07) is 7.60. The summed E-state index contributed by atoms with van der Waals surface area (Å²) in [6.45, 7) is 1.13. The first kappa shape index (κ1) is 20.3. The minimum absolute atomic E-state index is 0.0502. The van der Waals surface area contributed by atoms with E-state index >= 15 is 0 Å². The summed E-state index contributed by atoms with van der Waals surface area (Å²) in [6.07, 6.45) is 1.81. The third-order valence-corrected chi connectivity index (χ3v) is 8.31. The van der Waals surface area contributed by atoms with E-state index in [9.17, 15) is 17.6 Å². The Kier molecular flexibility index (Phi) is 6.20. The fraction of sp³-hybridized carbons (Fsp3) is 0.389. The van der Waals surface area contributed by atoms with Gasteiger partial charge in [-0.2, -0.15) is 4.31 Å². The van der Waals surface area contributed by atoms with Crippen molar-refractivity contribution in [2.24, 2.45) is 0 Å². The molecule has 1 aliphatic heterocycles. The largest absolute Gasteiger partial charge is 0.341 e. The van der Waals surface area contributed by atoms with E-state index in [1.54, 1.807) is 25.2 Å². The van der Waals surface area contributed by atoms with Crippen LogP contribution in [0.15, 0.2) is 34.5 Å². The molecule has 1 fully saturated rings. The Morgan fingerprint density at radius 3 is 2.63 bits per heavy atom. The van der Waals surface area contributed by atoms with Crippen LogP contribution in [0, 0.1) is 5.82 Å². The van der Waals surface area contributed by atoms with Crippen molar-refractivity contribution >= 4 is 38.9 Å². The number of amides is 1. The van der Waals surface area contributed by atoms with Crippen molar-refractivity contribution in [1.82, 2.24) is 9.21 Å². The smallest absolute Gasteiger partial charge is 0.252 e. The zero-order valence-electron chi connectivity index (χ0n) is 14.8. The Hall–Kier alpha value is -1.48. The van der Waals surface area contributed by atoms with Gasteiger partial charge in [-0.3, -0.25) is 4.79 Å². The molecule has 2 heterocycles. The standard InChI is InChI=1S/C18H20ClFN2O3S2/c1-21(12-14-15(19)5-4-6-16(14)20)17(23)11-13-7-8-18(26-13)27(24,25)22-9-2-3-10-22/h4-8H,2-3,9-12H2,1H3. The lowest BCUT2D eigenvalue weighted by atomic mass is 10.2. The molecule has 0 N–H and O–H groups in total. The Morgan fingerprint density at radius 2 is 1.96 bits per heavy atom. The van der Waals surface area contributed by atoms with E-state index in [1.807, 2.05) is 0 Å². The Morgan fingerprint density at radius 1 is 1.26 bits per heavy atom. The molecule has 1 saturated heterocycles. The lowest BCUT2D eigenvalue weighted by Gasteiger charge is -2.18. The molecule has 27 heavy (non-hydrogen) atoms. The van der Waals surface area contributed by atoms with Gasteiger partial charge < -0.3 is 4.90 Å². The van der Waals surface area contributed by atoms with E-state index < -0.39 is 15.8 Å². The number of likely N-dealkylation sites (N-methyl/N-ethyl adjacent to an activating group) is 1. The minimum atomic E-state index is -3.47. The van der Waals surface area contributed by atoms with Crippen LogP contribution in [0.3, 0.4) is 0 Å². The quantitative estimate of drug-likeness (QED) is 0.704. The summed E-state index contributed by atoms with van der Waals surface area (Å²) in [4.78, 5) is 14.5. The molecule has 3 rings (SSSR count). The second kappa shape index (κ2) is 8.26. The molecule has 0 atom stereocenters. The number of rotatable bonds is 6. The van der Waals surface area contributed by atoms with Gasteiger partial charge in [-0.15, -0.1) is 11.3 Å². The van der Waals surface area contributed by atoms with Gasteiger partial charge in [-0.25, -0.2) is 12.8 Å². The second-order valence-electron chi connectivity index (χ2n) is 6.46. The van der Waals surface area contributed by atoms with Crippen LogP contribution in [-0.4, -0.2) is 43.7 Å². The summed E-state index contributed by atoms with van der Waals surface area (Å²) in [7, 11) is -1.90. The summed E-state index contributed by atoms with van der Waals surface area (Å²) >= 11 is 7.11. The molecular formula is C18H20ClFN2O3S2. The van der Waals surface area contributed by atoms with Crippen LogP contribution in [0.2, 0.25) is 5.02 Å². The third kappa shape index (κ3) is 4.51. The van der Waals surface area contributed by atoms with Crippen LogP contribution in [0.5, 0.6) is 0 Å². The highest BCUT2D eigenvalue weighted by Gasteiger charge is 2.28. The van der Waals surface area contributed by atoms with Crippen LogP contribution in [-0.2, 0) is 27.8 Å². The molecule has 1 aromatic carbocycles. The zero-order valence-corrected chi connectivity index (χ0v) is 17.2. The van der Waals surface area contributed by atoms with Crippen molar-refractivity contribution < 1.29 is 17.6 Å². The van der Waals surface area contributed by atoms with Crippen LogP contribution >= 0.6 is 22.9 Å². The van der Waals surface area contributed by atoms with Crippen molar-refractivity contribution in [2.75, 3.05) is 20.1 Å². The van der Waals surface area contributed by atoms with Gasteiger partial charge in [0.1, 0.15) is 10.0 Å². The van der Waals surface area contributed by atoms with Gasteiger partial charge in [0, 0.05) is 42.1 Å². The van der Waals surface area contributed by atoms with Gasteiger partial charge in [0.15, 0.2) is 0 Å². The average Bonchev–Trinajstić information content (AvgIpc) is 3.30. The molecular weight excluding hydrogens is 411 g/mol. The number of thiophene rings is 1. The molecule has 0 aliphatic carbocycles. The Balaban J connectivity index is 1.67. The van der Waals surface area contributed by atoms with Gasteiger partial charge in [0.25, 0.3) is 10.0 Å². The summed E-state index contributed by atoms with van der Waals surface area (Å²) < 4.78 is 40.8. The normalized spacial score (nSPS) is 15.2. The highest BCUT2D eigenvalue weighted by atomic mass is 35.5. The lowest BCUT2D eigenvalue weighted by Crippen LogP contribution is -2.28. The number of nitrogens with zero attached hydrogens (tertiary/aromatic N) is 2. The summed E-state index contributed by atoms with van der Waals surface area (Å²) in [5.74, 6) is -0.696. The van der Waals surface area contributed by atoms with Gasteiger partial charge >= 0.3 is 0 Å². The molecule has 9 heteroatoms. The first-order valence-electron chi connectivity index (χ1n) is 8.55. The van der Waals surface area contributed by atoms with E-state index in [-0.39, 0.29) is 33.7 Å². The number of sulfonamides is 1. The maximum atomic E-state index is 13.9. The predicted molar refractivity (Wildman–Crippen MR) is 104 cm³/mol. The number of hydrogen-bond acceptors (Lipinski definition) is 4. The van der Waals surface area contributed by atoms with E-state index in [0.717, 1.165) is 24.2 Å². The first-order chi connectivity index (χ1) is 12.8. The van der Waals surface area contributed by atoms with Crippen LogP contribution < -0.4 is 0 Å². The maximum absolute atomic E-state index is 13.9. The number of benzene rings is 1. The number of halogens is 2. The Labute approximate surface area is 167 Å². The number of carbonyl (C=O) groups excluding carboxylic acids is 1. The van der Waals surface area contributed by atoms with Crippen molar-refractivity contribution in [3.05, 3.63) is 51.6 Å². The van der Waals surface area contributed by atoms with Crippen molar-refractivity contribution in [3.8, 4) is 0 Å². The van der Waals surface area contributed by atoms with Crippen molar-refractivity contribution in [3.63, 3.8) is 0 Å². The highest BCUT2D eigenvalue weighted by molar-refractivity contribution is 7.91. The van der Waals surface area contributed by atoms with Crippen LogP contribution in [0.1, 0.15) is 23.3 Å². The SMILES string of the molecule is CN(Cc1c(F)cccc1Cl)C(=O)Cc1ccc(S(=O)(=O)N2CCCC2)s1. The first-order valence-corrected chi connectivity index (χ1v) is 11.2.